The highest BCUT2D eigenvalue weighted by molar-refractivity contribution is 6.35. The van der Waals surface area contributed by atoms with Gasteiger partial charge in [-0.25, -0.2) is 9.37 Å². The van der Waals surface area contributed by atoms with Crippen LogP contribution in [0.2, 0.25) is 5.02 Å². The van der Waals surface area contributed by atoms with Crippen LogP contribution >= 0.6 is 11.6 Å². The molecule has 1 aliphatic rings. The van der Waals surface area contributed by atoms with Crippen LogP contribution in [0.1, 0.15) is 25.0 Å². The Hall–Kier alpha value is -3.65. The molecule has 1 aliphatic carbocycles. The van der Waals surface area contributed by atoms with Gasteiger partial charge in [0.2, 0.25) is 6.41 Å². The summed E-state index contributed by atoms with van der Waals surface area (Å²) in [4.78, 5) is 14.9. The largest absolute Gasteiger partial charge is 0.317 e. The third-order valence-electron chi connectivity index (χ3n) is 5.26. The molecule has 4 heterocycles. The van der Waals surface area contributed by atoms with Crippen LogP contribution in [0.5, 0.6) is 0 Å². The molecule has 5 aromatic rings. The summed E-state index contributed by atoms with van der Waals surface area (Å²) in [5.74, 6) is -0.118. The van der Waals surface area contributed by atoms with E-state index in [0.717, 1.165) is 5.69 Å². The Morgan fingerprint density at radius 3 is 2.72 bits per heavy atom. The number of aryl methyl sites for hydroxylation is 1. The molecule has 9 heteroatoms. The standard InChI is InChI=1S/C20H14ClFN6O.C3H6/c1-11-3-2-6-28(11)20-18(22)17(21)16(13-7-24-26-19(13)20)12-4-5-15-25-14(23-10-29)9-27(15)8-12;1-2-3-1/h2-10H,1H3,(H,23,29)(H,24,26);1-3H2. The van der Waals surface area contributed by atoms with Crippen molar-refractivity contribution in [2.24, 2.45) is 0 Å². The van der Waals surface area contributed by atoms with E-state index in [9.17, 15) is 4.79 Å². The van der Waals surface area contributed by atoms with Gasteiger partial charge in [0.05, 0.1) is 22.9 Å². The van der Waals surface area contributed by atoms with Crippen LogP contribution < -0.4 is 5.32 Å². The van der Waals surface area contributed by atoms with E-state index in [0.29, 0.717) is 45.6 Å². The molecular weight excluding hydrogens is 431 g/mol. The zero-order valence-corrected chi connectivity index (χ0v) is 18.0. The first-order chi connectivity index (χ1) is 15.6. The zero-order valence-electron chi connectivity index (χ0n) is 17.3. The van der Waals surface area contributed by atoms with Crippen molar-refractivity contribution in [3.05, 3.63) is 65.6 Å². The Morgan fingerprint density at radius 2 is 2.03 bits per heavy atom. The number of halogens is 2. The fourth-order valence-corrected chi connectivity index (χ4v) is 3.89. The smallest absolute Gasteiger partial charge is 0.212 e. The van der Waals surface area contributed by atoms with Crippen molar-refractivity contribution in [3.63, 3.8) is 0 Å². The highest BCUT2D eigenvalue weighted by atomic mass is 35.5. The number of aromatic amines is 1. The highest BCUT2D eigenvalue weighted by Crippen LogP contribution is 2.40. The molecule has 2 N–H and O–H groups in total. The van der Waals surface area contributed by atoms with E-state index in [2.05, 4.69) is 20.5 Å². The molecule has 0 atom stereocenters. The van der Waals surface area contributed by atoms with Gasteiger partial charge in [-0.05, 0) is 31.2 Å². The van der Waals surface area contributed by atoms with Crippen molar-refractivity contribution < 1.29 is 9.18 Å². The molecule has 162 valence electrons. The Labute approximate surface area is 187 Å². The second-order valence-corrected chi connectivity index (χ2v) is 8.04. The number of aromatic nitrogens is 5. The zero-order chi connectivity index (χ0) is 22.2. The lowest BCUT2D eigenvalue weighted by Crippen LogP contribution is -2.02. The molecule has 0 aliphatic heterocycles. The van der Waals surface area contributed by atoms with Crippen molar-refractivity contribution in [3.8, 4) is 16.8 Å². The number of fused-ring (bicyclic) bond motifs is 2. The van der Waals surface area contributed by atoms with Crippen LogP contribution in [0.4, 0.5) is 10.2 Å². The van der Waals surface area contributed by atoms with E-state index in [1.807, 2.05) is 19.1 Å². The van der Waals surface area contributed by atoms with E-state index < -0.39 is 5.82 Å². The number of carbonyl (C=O) groups excluding carboxylic acids is 1. The van der Waals surface area contributed by atoms with Crippen LogP contribution in [0.15, 0.2) is 49.1 Å². The molecule has 7 nitrogen and oxygen atoms in total. The number of hydrogen-bond acceptors (Lipinski definition) is 3. The lowest BCUT2D eigenvalue weighted by Gasteiger charge is -2.14. The van der Waals surface area contributed by atoms with Gasteiger partial charge in [0.1, 0.15) is 11.3 Å². The second kappa shape index (κ2) is 8.12. The summed E-state index contributed by atoms with van der Waals surface area (Å²) in [5.41, 5.74) is 3.61. The predicted molar refractivity (Wildman–Crippen MR) is 123 cm³/mol. The lowest BCUT2D eigenvalue weighted by molar-refractivity contribution is -0.105. The number of anilines is 1. The fourth-order valence-electron chi connectivity index (χ4n) is 3.59. The first kappa shape index (κ1) is 20.3. The number of imidazole rings is 1. The molecule has 0 spiro atoms. The van der Waals surface area contributed by atoms with Gasteiger partial charge in [-0.1, -0.05) is 30.9 Å². The molecular formula is C23H20ClFN6O. The summed E-state index contributed by atoms with van der Waals surface area (Å²) in [7, 11) is 0. The lowest BCUT2D eigenvalue weighted by atomic mass is 10.0. The van der Waals surface area contributed by atoms with Gasteiger partial charge >= 0.3 is 0 Å². The van der Waals surface area contributed by atoms with Gasteiger partial charge in [-0.3, -0.25) is 9.89 Å². The summed E-state index contributed by atoms with van der Waals surface area (Å²) in [6, 6.07) is 7.31. The van der Waals surface area contributed by atoms with Crippen LogP contribution in [0, 0.1) is 12.7 Å². The van der Waals surface area contributed by atoms with Gasteiger partial charge < -0.3 is 14.3 Å². The van der Waals surface area contributed by atoms with Crippen LogP contribution in [-0.4, -0.2) is 30.6 Å². The molecule has 1 fully saturated rings. The minimum absolute atomic E-state index is 0.00713. The Bertz CT molecular complexity index is 1450. The predicted octanol–water partition coefficient (Wildman–Crippen LogP) is 5.51. The molecule has 0 unspecified atom stereocenters. The number of rotatable bonds is 4. The number of nitrogens with zero attached hydrogens (tertiary/aromatic N) is 4. The topological polar surface area (TPSA) is 80.0 Å². The van der Waals surface area contributed by atoms with Gasteiger partial charge in [0, 0.05) is 34.6 Å². The van der Waals surface area contributed by atoms with E-state index in [1.165, 1.54) is 19.3 Å². The Balaban J connectivity index is 0.000000666. The summed E-state index contributed by atoms with van der Waals surface area (Å²) in [5, 5.41) is 10.3. The van der Waals surface area contributed by atoms with Gasteiger partial charge in [0.15, 0.2) is 11.6 Å². The normalized spacial score (nSPS) is 12.6. The Morgan fingerprint density at radius 1 is 1.22 bits per heavy atom. The fraction of sp³-hybridized carbons (Fsp3) is 0.174. The van der Waals surface area contributed by atoms with E-state index in [1.54, 1.807) is 45.9 Å². The second-order valence-electron chi connectivity index (χ2n) is 7.66. The van der Waals surface area contributed by atoms with Crippen molar-refractivity contribution in [2.75, 3.05) is 5.32 Å². The molecule has 6 rings (SSSR count). The molecule has 1 amide bonds. The SMILES string of the molecule is C1CC1.Cc1cccn1-c1c(F)c(Cl)c(-c2ccc3nc(NC=O)cn3c2)c2cn[nH]c12. The van der Waals surface area contributed by atoms with E-state index >= 15 is 4.39 Å². The summed E-state index contributed by atoms with van der Waals surface area (Å²) >= 11 is 6.53. The molecule has 4 aromatic heterocycles. The molecule has 0 bridgehead atoms. The number of amides is 1. The maximum absolute atomic E-state index is 15.4. The number of benzene rings is 1. The van der Waals surface area contributed by atoms with Crippen LogP contribution in [0.3, 0.4) is 0 Å². The maximum atomic E-state index is 15.4. The maximum Gasteiger partial charge on any atom is 0.212 e. The quantitative estimate of drug-likeness (QED) is 0.354. The van der Waals surface area contributed by atoms with Crippen LogP contribution in [0.25, 0.3) is 33.4 Å². The van der Waals surface area contributed by atoms with Gasteiger partial charge in [0.25, 0.3) is 0 Å². The van der Waals surface area contributed by atoms with Gasteiger partial charge in [-0.2, -0.15) is 5.10 Å². The first-order valence-corrected chi connectivity index (χ1v) is 10.6. The summed E-state index contributed by atoms with van der Waals surface area (Å²) in [6.45, 7) is 1.89. The monoisotopic (exact) mass is 450 g/mol. The number of pyridine rings is 1. The number of carbonyl (C=O) groups is 1. The summed E-state index contributed by atoms with van der Waals surface area (Å²) in [6.07, 6.45) is 11.9. The average molecular weight is 451 g/mol. The van der Waals surface area contributed by atoms with Crippen molar-refractivity contribution in [1.82, 2.24) is 24.1 Å². The van der Waals surface area contributed by atoms with E-state index in [-0.39, 0.29) is 5.02 Å². The minimum Gasteiger partial charge on any atom is -0.317 e. The Kier molecular flexibility index (Phi) is 5.14. The highest BCUT2D eigenvalue weighted by Gasteiger charge is 2.23. The van der Waals surface area contributed by atoms with Crippen LogP contribution in [-0.2, 0) is 4.79 Å². The average Bonchev–Trinajstić information content (AvgIpc) is 3.34. The van der Waals surface area contributed by atoms with Crippen molar-refractivity contribution in [1.29, 1.82) is 0 Å². The molecule has 0 radical (unpaired) electrons. The molecule has 32 heavy (non-hydrogen) atoms. The number of hydrogen-bond donors (Lipinski definition) is 2. The van der Waals surface area contributed by atoms with Crippen molar-refractivity contribution >= 4 is 40.4 Å². The number of nitrogens with one attached hydrogen (secondary N) is 2. The third-order valence-corrected chi connectivity index (χ3v) is 5.61. The molecule has 0 saturated heterocycles. The van der Waals surface area contributed by atoms with Gasteiger partial charge in [-0.15, -0.1) is 0 Å². The third kappa shape index (κ3) is 3.52. The summed E-state index contributed by atoms with van der Waals surface area (Å²) < 4.78 is 18.9. The first-order valence-electron chi connectivity index (χ1n) is 10.3. The minimum atomic E-state index is -0.535. The molecule has 1 aromatic carbocycles. The van der Waals surface area contributed by atoms with Crippen molar-refractivity contribution in [2.45, 2.75) is 26.2 Å². The molecule has 1 saturated carbocycles. The van der Waals surface area contributed by atoms with E-state index in [4.69, 9.17) is 11.6 Å². The number of H-pyrrole nitrogens is 1.